The minimum Gasteiger partial charge on any atom is -0.455 e. The van der Waals surface area contributed by atoms with Crippen molar-refractivity contribution in [2.24, 2.45) is 0 Å². The Hall–Kier alpha value is -0.433. The Morgan fingerprint density at radius 2 is 1.81 bits per heavy atom. The van der Waals surface area contributed by atoms with Crippen LogP contribution in [0.25, 0.3) is 0 Å². The lowest BCUT2D eigenvalue weighted by Crippen LogP contribution is -2.46. The van der Waals surface area contributed by atoms with Crippen LogP contribution in [0.1, 0.15) is 41.5 Å². The van der Waals surface area contributed by atoms with Gasteiger partial charge in [0.15, 0.2) is 25.8 Å². The number of hydrogen-bond acceptors (Lipinski definition) is 5. The van der Waals surface area contributed by atoms with Crippen LogP contribution in [0, 0.1) is 0 Å². The van der Waals surface area contributed by atoms with Gasteiger partial charge in [0, 0.05) is 0 Å². The molecule has 0 amide bonds. The van der Waals surface area contributed by atoms with E-state index in [1.165, 1.54) is 0 Å². The van der Waals surface area contributed by atoms with E-state index >= 15 is 0 Å². The van der Waals surface area contributed by atoms with E-state index in [2.05, 4.69) is 33.9 Å². The van der Waals surface area contributed by atoms with Crippen LogP contribution in [-0.2, 0) is 23.4 Å². The first kappa shape index (κ1) is 16.9. The molecule has 2 rings (SSSR count). The fraction of sp³-hybridized carbons (Fsp3) is 0.933. The third-order valence-electron chi connectivity index (χ3n) is 4.83. The zero-order chi connectivity index (χ0) is 16.3. The molecule has 1 unspecified atom stereocenters. The Morgan fingerprint density at radius 1 is 1.24 bits per heavy atom. The van der Waals surface area contributed by atoms with Crippen molar-refractivity contribution in [3.05, 3.63) is 0 Å². The second-order valence-electron chi connectivity index (χ2n) is 8.16. The van der Waals surface area contributed by atoms with Crippen molar-refractivity contribution in [2.75, 3.05) is 6.61 Å². The van der Waals surface area contributed by atoms with Crippen LogP contribution in [0.15, 0.2) is 0 Å². The molecule has 0 aliphatic carbocycles. The Labute approximate surface area is 128 Å². The number of rotatable bonds is 3. The van der Waals surface area contributed by atoms with E-state index in [-0.39, 0.29) is 11.0 Å². The Bertz CT molecular complexity index is 440. The maximum atomic E-state index is 12.1. The van der Waals surface area contributed by atoms with Crippen molar-refractivity contribution in [1.29, 1.82) is 0 Å². The van der Waals surface area contributed by atoms with E-state index in [0.717, 1.165) is 0 Å². The third-order valence-corrected chi connectivity index (χ3v) is 9.33. The molecule has 2 saturated heterocycles. The number of carbonyl (C=O) groups excluding carboxylic acids is 1. The summed E-state index contributed by atoms with van der Waals surface area (Å²) in [5.74, 6) is -1.13. The minimum absolute atomic E-state index is 0.116. The van der Waals surface area contributed by atoms with Gasteiger partial charge in [-0.25, -0.2) is 4.79 Å². The normalized spacial score (nSPS) is 35.7. The second-order valence-corrected chi connectivity index (χ2v) is 13.0. The average Bonchev–Trinajstić information content (AvgIpc) is 2.64. The second kappa shape index (κ2) is 4.78. The van der Waals surface area contributed by atoms with Gasteiger partial charge in [-0.3, -0.25) is 0 Å². The molecule has 0 bridgehead atoms. The average molecular weight is 316 g/mol. The summed E-state index contributed by atoms with van der Waals surface area (Å²) in [6.45, 7) is 16.6. The largest absolute Gasteiger partial charge is 0.455 e. The highest BCUT2D eigenvalue weighted by atomic mass is 28.4. The predicted octanol–water partition coefficient (Wildman–Crippen LogP) is 2.84. The topological polar surface area (TPSA) is 54.0 Å². The van der Waals surface area contributed by atoms with Crippen LogP contribution < -0.4 is 0 Å². The standard InChI is InChI=1S/C15H28O5Si/c1-13(2,3)21(7,8)17-9-10-11-15(6,12(16)18-10)20-14(4,5)19-11/h10-11H,9H2,1-8H3/t10?,11-,15-/m1/s1. The first-order valence-electron chi connectivity index (χ1n) is 7.52. The van der Waals surface area contributed by atoms with Gasteiger partial charge < -0.3 is 18.6 Å². The van der Waals surface area contributed by atoms with Crippen LogP contribution in [0.2, 0.25) is 18.1 Å². The van der Waals surface area contributed by atoms with Crippen LogP contribution in [0.5, 0.6) is 0 Å². The molecule has 122 valence electrons. The first-order chi connectivity index (χ1) is 9.29. The highest BCUT2D eigenvalue weighted by Crippen LogP contribution is 2.44. The van der Waals surface area contributed by atoms with Gasteiger partial charge in [0.1, 0.15) is 6.10 Å². The highest BCUT2D eigenvalue weighted by molar-refractivity contribution is 6.74. The van der Waals surface area contributed by atoms with Gasteiger partial charge in [-0.05, 0) is 38.9 Å². The number of fused-ring (bicyclic) bond motifs is 1. The van der Waals surface area contributed by atoms with Gasteiger partial charge in [0.25, 0.3) is 0 Å². The van der Waals surface area contributed by atoms with Gasteiger partial charge in [0.05, 0.1) is 6.61 Å². The lowest BCUT2D eigenvalue weighted by Gasteiger charge is -2.37. The zero-order valence-corrected chi connectivity index (χ0v) is 15.4. The quantitative estimate of drug-likeness (QED) is 0.592. The summed E-state index contributed by atoms with van der Waals surface area (Å²) in [5.41, 5.74) is -1.02. The van der Waals surface area contributed by atoms with Gasteiger partial charge >= 0.3 is 5.97 Å². The van der Waals surface area contributed by atoms with E-state index in [4.69, 9.17) is 18.6 Å². The molecule has 2 heterocycles. The smallest absolute Gasteiger partial charge is 0.341 e. The Morgan fingerprint density at radius 3 is 2.33 bits per heavy atom. The molecular formula is C15H28O5Si. The van der Waals surface area contributed by atoms with Crippen molar-refractivity contribution in [3.63, 3.8) is 0 Å². The number of esters is 1. The fourth-order valence-corrected chi connectivity index (χ4v) is 3.56. The number of carbonyl (C=O) groups is 1. The first-order valence-corrected chi connectivity index (χ1v) is 10.4. The SMILES string of the molecule is CC1(C)O[C@@H]2C(CO[Si](C)(C)C(C)(C)C)OC(=O)[C@]2(C)O1. The van der Waals surface area contributed by atoms with Gasteiger partial charge in [-0.1, -0.05) is 20.8 Å². The Kier molecular flexibility index (Phi) is 3.85. The third kappa shape index (κ3) is 2.91. The van der Waals surface area contributed by atoms with E-state index in [0.29, 0.717) is 6.61 Å². The summed E-state index contributed by atoms with van der Waals surface area (Å²) in [6, 6.07) is 0. The summed E-state index contributed by atoms with van der Waals surface area (Å²) < 4.78 is 23.3. The van der Waals surface area contributed by atoms with Gasteiger partial charge in [0.2, 0.25) is 0 Å². The summed E-state index contributed by atoms with van der Waals surface area (Å²) >= 11 is 0. The van der Waals surface area contributed by atoms with Crippen molar-refractivity contribution < 1.29 is 23.4 Å². The Balaban J connectivity index is 2.08. The highest BCUT2D eigenvalue weighted by Gasteiger charge is 2.64. The molecule has 0 radical (unpaired) electrons. The van der Waals surface area contributed by atoms with Crippen LogP contribution >= 0.6 is 0 Å². The monoisotopic (exact) mass is 316 g/mol. The van der Waals surface area contributed by atoms with Crippen LogP contribution in [-0.4, -0.2) is 44.5 Å². The predicted molar refractivity (Wildman–Crippen MR) is 81.5 cm³/mol. The molecule has 0 saturated carbocycles. The zero-order valence-electron chi connectivity index (χ0n) is 14.4. The van der Waals surface area contributed by atoms with Gasteiger partial charge in [-0.15, -0.1) is 0 Å². The molecule has 0 aromatic rings. The summed E-state index contributed by atoms with van der Waals surface area (Å²) in [7, 11) is -1.89. The fourth-order valence-electron chi connectivity index (χ4n) is 2.54. The molecular weight excluding hydrogens is 288 g/mol. The minimum atomic E-state index is -1.89. The lowest BCUT2D eigenvalue weighted by atomic mass is 9.99. The molecule has 3 atom stereocenters. The lowest BCUT2D eigenvalue weighted by molar-refractivity contribution is -0.198. The summed E-state index contributed by atoms with van der Waals surface area (Å²) in [6.07, 6.45) is -0.817. The van der Waals surface area contributed by atoms with Crippen molar-refractivity contribution in [2.45, 2.75) is 83.3 Å². The molecule has 2 aliphatic heterocycles. The number of hydrogen-bond donors (Lipinski definition) is 0. The molecule has 6 heteroatoms. The van der Waals surface area contributed by atoms with E-state index in [1.54, 1.807) is 6.92 Å². The summed E-state index contributed by atoms with van der Waals surface area (Å²) in [5, 5.41) is 0.116. The number of ether oxygens (including phenoxy) is 3. The number of cyclic esters (lactones) is 1. The molecule has 0 spiro atoms. The summed E-state index contributed by atoms with van der Waals surface area (Å²) in [4.78, 5) is 12.1. The molecule has 2 fully saturated rings. The van der Waals surface area contributed by atoms with E-state index in [9.17, 15) is 4.79 Å². The maximum Gasteiger partial charge on any atom is 0.341 e. The molecule has 2 aliphatic rings. The molecule has 5 nitrogen and oxygen atoms in total. The molecule has 0 N–H and O–H groups in total. The molecule has 0 aromatic carbocycles. The van der Waals surface area contributed by atoms with Crippen LogP contribution in [0.3, 0.4) is 0 Å². The molecule has 0 aromatic heterocycles. The maximum absolute atomic E-state index is 12.1. The van der Waals surface area contributed by atoms with Crippen LogP contribution in [0.4, 0.5) is 0 Å². The van der Waals surface area contributed by atoms with E-state index < -0.39 is 31.9 Å². The van der Waals surface area contributed by atoms with Gasteiger partial charge in [-0.2, -0.15) is 0 Å². The van der Waals surface area contributed by atoms with Crippen molar-refractivity contribution >= 4 is 14.3 Å². The van der Waals surface area contributed by atoms with Crippen molar-refractivity contribution in [3.8, 4) is 0 Å². The van der Waals surface area contributed by atoms with Crippen molar-refractivity contribution in [1.82, 2.24) is 0 Å². The van der Waals surface area contributed by atoms with E-state index in [1.807, 2.05) is 13.8 Å². The molecule has 21 heavy (non-hydrogen) atoms.